The van der Waals surface area contributed by atoms with Crippen LogP contribution in [0.15, 0.2) is 30.5 Å². The molecule has 0 spiro atoms. The molecule has 1 saturated heterocycles. The zero-order valence-corrected chi connectivity index (χ0v) is 24.6. The summed E-state index contributed by atoms with van der Waals surface area (Å²) in [6.07, 6.45) is 2.02. The number of benzene rings is 1. The van der Waals surface area contributed by atoms with Gasteiger partial charge in [0.2, 0.25) is 11.8 Å². The number of aromatic nitrogens is 1. The van der Waals surface area contributed by atoms with E-state index >= 15 is 0 Å². The number of halogens is 1. The molecule has 1 aromatic carbocycles. The first-order valence-corrected chi connectivity index (χ1v) is 12.3. The van der Waals surface area contributed by atoms with Crippen LogP contribution >= 0.6 is 0 Å². The van der Waals surface area contributed by atoms with Crippen molar-refractivity contribution in [2.45, 2.75) is 38.6 Å². The number of pyridine rings is 1. The van der Waals surface area contributed by atoms with Crippen LogP contribution in [0.2, 0.25) is 0 Å². The van der Waals surface area contributed by atoms with Gasteiger partial charge >= 0.3 is 10.2 Å². The largest absolute Gasteiger partial charge is 0.481 e. The minimum atomic E-state index is -4.01. The molecule has 34 heavy (non-hydrogen) atoms. The number of hydrogen-bond donors (Lipinski definition) is 1. The fourth-order valence-corrected chi connectivity index (χ4v) is 5.20. The summed E-state index contributed by atoms with van der Waals surface area (Å²) < 4.78 is 48.7. The molecular formula is C23H31FKN4O4S. The molecule has 0 saturated carbocycles. The van der Waals surface area contributed by atoms with Crippen molar-refractivity contribution in [3.05, 3.63) is 47.4 Å². The van der Waals surface area contributed by atoms with Gasteiger partial charge in [-0.05, 0) is 66.4 Å². The number of methoxy groups -OCH3 is 1. The molecule has 8 nitrogen and oxygen atoms in total. The first kappa shape index (κ1) is 29.3. The van der Waals surface area contributed by atoms with Crippen LogP contribution in [0.5, 0.6) is 5.88 Å². The van der Waals surface area contributed by atoms with Gasteiger partial charge in [0, 0.05) is 83.3 Å². The molecule has 1 fully saturated rings. The van der Waals surface area contributed by atoms with Crippen LogP contribution in [-0.2, 0) is 21.4 Å². The Bertz CT molecular complexity index is 1130. The van der Waals surface area contributed by atoms with Crippen LogP contribution in [0.1, 0.15) is 37.3 Å². The molecule has 181 valence electrons. The van der Waals surface area contributed by atoms with Crippen molar-refractivity contribution in [2.24, 2.45) is 0 Å². The van der Waals surface area contributed by atoms with Crippen LogP contribution < -0.4 is 9.46 Å². The van der Waals surface area contributed by atoms with E-state index < -0.39 is 21.9 Å². The second-order valence-corrected chi connectivity index (χ2v) is 10.4. The first-order chi connectivity index (χ1) is 15.5. The molecule has 1 unspecified atom stereocenters. The van der Waals surface area contributed by atoms with Gasteiger partial charge in [0.15, 0.2) is 0 Å². The van der Waals surface area contributed by atoms with E-state index in [9.17, 15) is 17.6 Å². The molecule has 11 heteroatoms. The van der Waals surface area contributed by atoms with E-state index in [1.807, 2.05) is 25.8 Å². The maximum Gasteiger partial charge on any atom is 0.303 e. The zero-order valence-electron chi connectivity index (χ0n) is 20.6. The number of ether oxygens (including phenoxy) is 1. The predicted octanol–water partition coefficient (Wildman–Crippen LogP) is 2.18. The van der Waals surface area contributed by atoms with Crippen molar-refractivity contribution in [1.82, 2.24) is 18.9 Å². The molecule has 3 rings (SSSR count). The van der Waals surface area contributed by atoms with Gasteiger partial charge in [-0.1, -0.05) is 13.8 Å². The molecule has 1 N–H and O–H groups in total. The predicted molar refractivity (Wildman–Crippen MR) is 130 cm³/mol. The van der Waals surface area contributed by atoms with E-state index in [4.69, 9.17) is 4.74 Å². The van der Waals surface area contributed by atoms with E-state index in [1.165, 1.54) is 36.8 Å². The monoisotopic (exact) mass is 517 g/mol. The molecule has 1 aromatic heterocycles. The number of nitrogens with zero attached hydrogens (tertiary/aromatic N) is 3. The minimum Gasteiger partial charge on any atom is -0.481 e. The molecule has 1 aliphatic rings. The molecular weight excluding hydrogens is 486 g/mol. The van der Waals surface area contributed by atoms with Crippen LogP contribution in [0.4, 0.5) is 4.39 Å². The van der Waals surface area contributed by atoms with Crippen molar-refractivity contribution in [2.75, 3.05) is 34.3 Å². The molecule has 1 radical (unpaired) electrons. The third kappa shape index (κ3) is 7.07. The molecule has 0 bridgehead atoms. The number of likely N-dealkylation sites (N-methyl/N-ethyl adjacent to an activating group) is 2. The van der Waals surface area contributed by atoms with Gasteiger partial charge in [-0.15, -0.1) is 0 Å². The van der Waals surface area contributed by atoms with Gasteiger partial charge in [0.25, 0.3) is 0 Å². The molecule has 0 aliphatic carbocycles. The Kier molecular flexibility index (Phi) is 10.6. The Morgan fingerprint density at radius 2 is 2.06 bits per heavy atom. The number of amides is 1. The Labute approximate surface area is 243 Å². The number of carbonyl (C=O) groups is 1. The van der Waals surface area contributed by atoms with Gasteiger partial charge in [-0.2, -0.15) is 12.7 Å². The quantitative estimate of drug-likeness (QED) is 0.540. The van der Waals surface area contributed by atoms with Crippen LogP contribution in [0, 0.1) is 5.82 Å². The van der Waals surface area contributed by atoms with E-state index in [0.29, 0.717) is 41.1 Å². The summed E-state index contributed by atoms with van der Waals surface area (Å²) in [7, 11) is 0.873. The third-order valence-electron chi connectivity index (χ3n) is 5.97. The first-order valence-electron chi connectivity index (χ1n) is 10.8. The second kappa shape index (κ2) is 12.4. The molecule has 1 aliphatic heterocycles. The Hall–Kier alpha value is -0.924. The average molecular weight is 518 g/mol. The van der Waals surface area contributed by atoms with Gasteiger partial charge in [-0.25, -0.2) is 14.1 Å². The Morgan fingerprint density at radius 1 is 1.35 bits per heavy atom. The fourth-order valence-electron chi connectivity index (χ4n) is 4.13. The number of rotatable bonds is 8. The van der Waals surface area contributed by atoms with E-state index in [1.54, 1.807) is 12.1 Å². The van der Waals surface area contributed by atoms with E-state index in [2.05, 4.69) is 9.71 Å². The molecule has 2 aromatic rings. The third-order valence-corrected chi connectivity index (χ3v) is 7.51. The topological polar surface area (TPSA) is 91.8 Å². The summed E-state index contributed by atoms with van der Waals surface area (Å²) in [6.45, 7) is 5.20. The molecule has 2 heterocycles. The number of likely N-dealkylation sites (tertiary alicyclic amines) is 1. The summed E-state index contributed by atoms with van der Waals surface area (Å²) in [6, 6.07) is 5.89. The number of nitrogens with one attached hydrogen (secondary N) is 1. The summed E-state index contributed by atoms with van der Waals surface area (Å²) in [5, 5.41) is 0. The SMILES string of the molecule is COc1cc(-c2cc(F)cc(C(C)C)c2CC(=O)NS(=O)(=O)N(C)C2CCN(C)C2)ccn1.[K]. The molecule has 1 amide bonds. The summed E-state index contributed by atoms with van der Waals surface area (Å²) in [4.78, 5) is 19.0. The average Bonchev–Trinajstić information content (AvgIpc) is 3.19. The Balaban J connectivity index is 0.00000408. The van der Waals surface area contributed by atoms with Crippen LogP contribution in [0.25, 0.3) is 11.1 Å². The number of carbonyl (C=O) groups excluding carboxylic acids is 1. The van der Waals surface area contributed by atoms with E-state index in [-0.39, 0.29) is 69.8 Å². The maximum absolute atomic E-state index is 14.5. The van der Waals surface area contributed by atoms with Gasteiger partial charge in [-0.3, -0.25) is 4.79 Å². The zero-order chi connectivity index (χ0) is 24.3. The van der Waals surface area contributed by atoms with Crippen LogP contribution in [0.3, 0.4) is 0 Å². The minimum absolute atomic E-state index is 0. The van der Waals surface area contributed by atoms with Crippen LogP contribution in [-0.4, -0.2) is 120 Å². The van der Waals surface area contributed by atoms with Crippen molar-refractivity contribution in [3.63, 3.8) is 0 Å². The van der Waals surface area contributed by atoms with Crippen molar-refractivity contribution in [1.29, 1.82) is 0 Å². The molecule has 1 atom stereocenters. The maximum atomic E-state index is 14.5. The van der Waals surface area contributed by atoms with Gasteiger partial charge < -0.3 is 9.64 Å². The smallest absolute Gasteiger partial charge is 0.303 e. The van der Waals surface area contributed by atoms with Crippen molar-refractivity contribution < 1.29 is 22.3 Å². The summed E-state index contributed by atoms with van der Waals surface area (Å²) in [5.74, 6) is -0.849. The fraction of sp³-hybridized carbons (Fsp3) is 0.478. The Morgan fingerprint density at radius 3 is 2.65 bits per heavy atom. The van der Waals surface area contributed by atoms with E-state index in [0.717, 1.165) is 6.54 Å². The van der Waals surface area contributed by atoms with Crippen molar-refractivity contribution in [3.8, 4) is 17.0 Å². The second-order valence-electron chi connectivity index (χ2n) is 8.69. The normalized spacial score (nSPS) is 16.5. The standard InChI is InChI=1S/C23H31FN4O4S.K/c1-15(2)19-11-17(24)12-20(16-6-8-25-23(10-16)32-5)21(19)13-22(29)26-33(30,31)28(4)18-7-9-27(3)14-18;/h6,8,10-12,15,18H,7,9,13-14H2,1-5H3,(H,26,29);. The van der Waals surface area contributed by atoms with Crippen molar-refractivity contribution >= 4 is 67.5 Å². The number of hydrogen-bond acceptors (Lipinski definition) is 6. The summed E-state index contributed by atoms with van der Waals surface area (Å²) in [5.41, 5.74) is 2.33. The summed E-state index contributed by atoms with van der Waals surface area (Å²) >= 11 is 0. The van der Waals surface area contributed by atoms with Gasteiger partial charge in [0.05, 0.1) is 13.5 Å². The van der Waals surface area contributed by atoms with Gasteiger partial charge in [0.1, 0.15) is 5.82 Å².